The van der Waals surface area contributed by atoms with E-state index in [1.165, 1.54) is 22.6 Å². The van der Waals surface area contributed by atoms with Gasteiger partial charge in [-0.25, -0.2) is 8.42 Å². The van der Waals surface area contributed by atoms with Crippen molar-refractivity contribution in [2.75, 3.05) is 16.2 Å². The molecule has 1 amide bonds. The number of nitrogens with zero attached hydrogens (tertiary/aromatic N) is 2. The summed E-state index contributed by atoms with van der Waals surface area (Å²) in [5.74, 6) is -0.390. The number of aromatic nitrogens is 1. The van der Waals surface area contributed by atoms with Crippen LogP contribution >= 0.6 is 11.6 Å². The van der Waals surface area contributed by atoms with Crippen LogP contribution in [0, 0.1) is 6.92 Å². The lowest BCUT2D eigenvalue weighted by atomic mass is 10.2. The molecule has 0 fully saturated rings. The molecule has 0 saturated heterocycles. The average Bonchev–Trinajstić information content (AvgIpc) is 2.71. The van der Waals surface area contributed by atoms with Gasteiger partial charge >= 0.3 is 0 Å². The topological polar surface area (TPSA) is 79.4 Å². The van der Waals surface area contributed by atoms with E-state index < -0.39 is 15.9 Å². The number of benzene rings is 2. The van der Waals surface area contributed by atoms with E-state index in [0.29, 0.717) is 16.9 Å². The van der Waals surface area contributed by atoms with E-state index in [1.807, 2.05) is 13.0 Å². The van der Waals surface area contributed by atoms with Gasteiger partial charge in [-0.1, -0.05) is 29.8 Å². The van der Waals surface area contributed by atoms with Gasteiger partial charge in [-0.2, -0.15) is 0 Å². The van der Waals surface area contributed by atoms with Gasteiger partial charge in [0.2, 0.25) is 0 Å². The number of hydrogen-bond acceptors (Lipinski definition) is 4. The number of carbonyl (C=O) groups excluding carboxylic acids is 1. The van der Waals surface area contributed by atoms with Crippen LogP contribution in [0.5, 0.6) is 0 Å². The van der Waals surface area contributed by atoms with Crippen molar-refractivity contribution in [1.29, 1.82) is 0 Å². The van der Waals surface area contributed by atoms with Crippen LogP contribution in [0.25, 0.3) is 0 Å². The molecule has 0 radical (unpaired) electrons. The highest BCUT2D eigenvalue weighted by Crippen LogP contribution is 2.30. The lowest BCUT2D eigenvalue weighted by molar-refractivity contribution is 0.102. The summed E-state index contributed by atoms with van der Waals surface area (Å²) in [5.41, 5.74) is 2.02. The Balaban J connectivity index is 1.94. The van der Waals surface area contributed by atoms with Crippen molar-refractivity contribution in [1.82, 2.24) is 4.98 Å². The molecule has 6 nitrogen and oxygen atoms in total. The average molecular weight is 430 g/mol. The quantitative estimate of drug-likeness (QED) is 0.625. The number of aryl methyl sites for hydroxylation is 1. The maximum Gasteiger partial charge on any atom is 0.265 e. The number of nitrogens with one attached hydrogen (secondary N) is 1. The standard InChI is InChI=1S/C21H20ClN3O3S/c1-3-25(18-7-5-4-6-8-18)29(27,28)20-13-17(11-12-19(20)22)24-21(26)16-10-9-15(2)23-14-16/h4-14H,3H2,1-2H3,(H,24,26). The molecule has 1 aromatic heterocycles. The Morgan fingerprint density at radius 3 is 2.45 bits per heavy atom. The second-order valence-corrected chi connectivity index (χ2v) is 8.53. The fourth-order valence-electron chi connectivity index (χ4n) is 2.79. The number of anilines is 2. The minimum atomic E-state index is -3.93. The van der Waals surface area contributed by atoms with Gasteiger partial charge in [0.15, 0.2) is 0 Å². The van der Waals surface area contributed by atoms with Crippen LogP contribution in [0.2, 0.25) is 5.02 Å². The number of carbonyl (C=O) groups is 1. The number of sulfonamides is 1. The summed E-state index contributed by atoms with van der Waals surface area (Å²) >= 11 is 6.21. The normalized spacial score (nSPS) is 11.1. The van der Waals surface area contributed by atoms with Crippen molar-refractivity contribution in [2.24, 2.45) is 0 Å². The number of pyridine rings is 1. The summed E-state index contributed by atoms with van der Waals surface area (Å²) in [6.07, 6.45) is 1.46. The monoisotopic (exact) mass is 429 g/mol. The Labute approximate surface area is 175 Å². The second kappa shape index (κ2) is 8.63. The zero-order valence-corrected chi connectivity index (χ0v) is 17.5. The van der Waals surface area contributed by atoms with Gasteiger partial charge in [0, 0.05) is 24.1 Å². The molecule has 3 rings (SSSR count). The number of para-hydroxylation sites is 1. The zero-order chi connectivity index (χ0) is 21.0. The Kier molecular flexibility index (Phi) is 6.20. The van der Waals surface area contributed by atoms with Crippen molar-refractivity contribution in [3.8, 4) is 0 Å². The first-order valence-corrected chi connectivity index (χ1v) is 10.8. The summed E-state index contributed by atoms with van der Waals surface area (Å²) in [5, 5.41) is 2.77. The van der Waals surface area contributed by atoms with Crippen LogP contribution in [0.1, 0.15) is 23.0 Å². The van der Waals surface area contributed by atoms with Crippen LogP contribution in [0.15, 0.2) is 71.8 Å². The molecule has 1 N–H and O–H groups in total. The highest BCUT2D eigenvalue weighted by molar-refractivity contribution is 7.93. The van der Waals surface area contributed by atoms with Gasteiger partial charge in [-0.3, -0.25) is 14.1 Å². The Morgan fingerprint density at radius 1 is 1.10 bits per heavy atom. The molecule has 0 aliphatic heterocycles. The largest absolute Gasteiger partial charge is 0.322 e. The Morgan fingerprint density at radius 2 is 1.83 bits per heavy atom. The van der Waals surface area contributed by atoms with Crippen LogP contribution in [-0.2, 0) is 10.0 Å². The summed E-state index contributed by atoms with van der Waals surface area (Å²) in [6, 6.07) is 16.5. The van der Waals surface area contributed by atoms with Gasteiger partial charge in [0.05, 0.1) is 16.3 Å². The first-order valence-electron chi connectivity index (χ1n) is 8.94. The summed E-state index contributed by atoms with van der Waals surface area (Å²) in [4.78, 5) is 16.5. The molecule has 3 aromatic rings. The van der Waals surface area contributed by atoms with Gasteiger partial charge in [-0.15, -0.1) is 0 Å². The predicted molar refractivity (Wildman–Crippen MR) is 115 cm³/mol. The maximum atomic E-state index is 13.2. The molecule has 1 heterocycles. The van der Waals surface area contributed by atoms with Crippen molar-refractivity contribution >= 4 is 38.9 Å². The SMILES string of the molecule is CCN(c1ccccc1)S(=O)(=O)c1cc(NC(=O)c2ccc(C)nc2)ccc1Cl. The minimum Gasteiger partial charge on any atom is -0.322 e. The molecule has 0 aliphatic rings. The van der Waals surface area contributed by atoms with E-state index in [2.05, 4.69) is 10.3 Å². The Bertz CT molecular complexity index is 1120. The minimum absolute atomic E-state index is 0.0781. The van der Waals surface area contributed by atoms with E-state index in [1.54, 1.807) is 49.4 Å². The van der Waals surface area contributed by atoms with Gasteiger partial charge in [-0.05, 0) is 56.3 Å². The molecule has 8 heteroatoms. The molecule has 0 aliphatic carbocycles. The fourth-order valence-corrected chi connectivity index (χ4v) is 4.77. The zero-order valence-electron chi connectivity index (χ0n) is 16.0. The van der Waals surface area contributed by atoms with Gasteiger partial charge < -0.3 is 5.32 Å². The molecule has 0 spiro atoms. The lowest BCUT2D eigenvalue weighted by Crippen LogP contribution is -2.31. The molecule has 150 valence electrons. The first kappa shape index (κ1) is 20.8. The summed E-state index contributed by atoms with van der Waals surface area (Å²) < 4.78 is 27.8. The molecule has 0 bridgehead atoms. The van der Waals surface area contributed by atoms with Crippen molar-refractivity contribution in [2.45, 2.75) is 18.7 Å². The van der Waals surface area contributed by atoms with E-state index in [9.17, 15) is 13.2 Å². The van der Waals surface area contributed by atoms with Crippen molar-refractivity contribution < 1.29 is 13.2 Å². The second-order valence-electron chi connectivity index (χ2n) is 6.29. The van der Waals surface area contributed by atoms with Crippen LogP contribution < -0.4 is 9.62 Å². The van der Waals surface area contributed by atoms with E-state index in [4.69, 9.17) is 11.6 Å². The molecular weight excluding hydrogens is 410 g/mol. The highest BCUT2D eigenvalue weighted by Gasteiger charge is 2.26. The smallest absolute Gasteiger partial charge is 0.265 e. The number of hydrogen-bond donors (Lipinski definition) is 1. The van der Waals surface area contributed by atoms with E-state index in [-0.39, 0.29) is 16.5 Å². The number of rotatable bonds is 6. The van der Waals surface area contributed by atoms with Crippen LogP contribution in [-0.4, -0.2) is 25.9 Å². The lowest BCUT2D eigenvalue weighted by Gasteiger charge is -2.23. The molecule has 0 unspecified atom stereocenters. The van der Waals surface area contributed by atoms with E-state index >= 15 is 0 Å². The third-order valence-electron chi connectivity index (χ3n) is 4.26. The fraction of sp³-hybridized carbons (Fsp3) is 0.143. The van der Waals surface area contributed by atoms with Crippen molar-refractivity contribution in [3.05, 3.63) is 83.1 Å². The summed E-state index contributed by atoms with van der Waals surface area (Å²) in [6.45, 7) is 3.80. The van der Waals surface area contributed by atoms with Crippen molar-refractivity contribution in [3.63, 3.8) is 0 Å². The number of halogens is 1. The third kappa shape index (κ3) is 4.58. The number of amides is 1. The predicted octanol–water partition coefficient (Wildman–Crippen LogP) is 4.51. The summed E-state index contributed by atoms with van der Waals surface area (Å²) in [7, 11) is -3.93. The molecule has 29 heavy (non-hydrogen) atoms. The molecule has 0 saturated carbocycles. The van der Waals surface area contributed by atoms with Crippen LogP contribution in [0.4, 0.5) is 11.4 Å². The molecular formula is C21H20ClN3O3S. The molecule has 0 atom stereocenters. The van der Waals surface area contributed by atoms with E-state index in [0.717, 1.165) is 5.69 Å². The van der Waals surface area contributed by atoms with Gasteiger partial charge in [0.1, 0.15) is 4.90 Å². The molecule has 2 aromatic carbocycles. The highest BCUT2D eigenvalue weighted by atomic mass is 35.5. The first-order chi connectivity index (χ1) is 13.8. The maximum absolute atomic E-state index is 13.2. The Hall–Kier alpha value is -2.90. The third-order valence-corrected chi connectivity index (χ3v) is 6.65. The van der Waals surface area contributed by atoms with Gasteiger partial charge in [0.25, 0.3) is 15.9 Å². The van der Waals surface area contributed by atoms with Crippen LogP contribution in [0.3, 0.4) is 0 Å².